The van der Waals surface area contributed by atoms with Gasteiger partial charge >= 0.3 is 0 Å². The Hall–Kier alpha value is -2.27. The van der Waals surface area contributed by atoms with Gasteiger partial charge in [0.15, 0.2) is 0 Å². The van der Waals surface area contributed by atoms with Crippen molar-refractivity contribution < 1.29 is 9.18 Å². The van der Waals surface area contributed by atoms with Crippen molar-refractivity contribution in [2.45, 2.75) is 19.3 Å². The maximum atomic E-state index is 13.5. The Bertz CT molecular complexity index is 634. The first-order valence-electron chi connectivity index (χ1n) is 8.24. The predicted octanol–water partition coefficient (Wildman–Crippen LogP) is 2.44. The van der Waals surface area contributed by atoms with E-state index < -0.39 is 0 Å². The van der Waals surface area contributed by atoms with Crippen molar-refractivity contribution in [2.24, 2.45) is 0 Å². The van der Waals surface area contributed by atoms with Crippen LogP contribution in [-0.2, 0) is 17.6 Å². The van der Waals surface area contributed by atoms with Gasteiger partial charge in [-0.3, -0.25) is 9.78 Å². The van der Waals surface area contributed by atoms with Crippen molar-refractivity contribution in [1.82, 2.24) is 15.2 Å². The van der Waals surface area contributed by atoms with Crippen LogP contribution in [0, 0.1) is 5.82 Å². The summed E-state index contributed by atoms with van der Waals surface area (Å²) in [6.07, 6.45) is 5.42. The van der Waals surface area contributed by atoms with Crippen molar-refractivity contribution in [2.75, 3.05) is 26.7 Å². The number of nitrogens with one attached hydrogen (secondary N) is 1. The molecule has 24 heavy (non-hydrogen) atoms. The molecule has 5 heteroatoms. The zero-order chi connectivity index (χ0) is 17.2. The number of hydrogen-bond acceptors (Lipinski definition) is 3. The van der Waals surface area contributed by atoms with Gasteiger partial charge in [0.2, 0.25) is 5.91 Å². The molecular formula is C19H24FN3O. The molecule has 0 aliphatic carbocycles. The lowest BCUT2D eigenvalue weighted by Gasteiger charge is -2.17. The molecule has 1 heterocycles. The fraction of sp³-hybridized carbons (Fsp3) is 0.368. The summed E-state index contributed by atoms with van der Waals surface area (Å²) in [6, 6.07) is 10.7. The summed E-state index contributed by atoms with van der Waals surface area (Å²) in [7, 11) is 1.82. The van der Waals surface area contributed by atoms with Crippen LogP contribution in [0.15, 0.2) is 48.8 Å². The van der Waals surface area contributed by atoms with Gasteiger partial charge in [0.05, 0.1) is 0 Å². The third kappa shape index (κ3) is 6.08. The standard InChI is InChI=1S/C19H24FN3O/c1-23(15-10-16-6-11-21-12-7-16)19(24)9-14-22-13-8-17-4-2-3-5-18(17)20/h2-7,11-12,22H,8-10,13-15H2,1H3. The van der Waals surface area contributed by atoms with Crippen molar-refractivity contribution >= 4 is 5.91 Å². The van der Waals surface area contributed by atoms with Gasteiger partial charge in [-0.15, -0.1) is 0 Å². The number of pyridine rings is 1. The Balaban J connectivity index is 1.59. The van der Waals surface area contributed by atoms with Gasteiger partial charge in [0.25, 0.3) is 0 Å². The van der Waals surface area contributed by atoms with Crippen molar-refractivity contribution in [1.29, 1.82) is 0 Å². The van der Waals surface area contributed by atoms with E-state index in [0.717, 1.165) is 6.42 Å². The molecule has 128 valence electrons. The van der Waals surface area contributed by atoms with Crippen LogP contribution in [0.3, 0.4) is 0 Å². The number of hydrogen-bond donors (Lipinski definition) is 1. The molecule has 0 unspecified atom stereocenters. The van der Waals surface area contributed by atoms with Crippen LogP contribution in [0.5, 0.6) is 0 Å². The van der Waals surface area contributed by atoms with Crippen LogP contribution < -0.4 is 5.32 Å². The predicted molar refractivity (Wildman–Crippen MR) is 93.2 cm³/mol. The van der Waals surface area contributed by atoms with E-state index in [0.29, 0.717) is 38.0 Å². The largest absolute Gasteiger partial charge is 0.345 e. The van der Waals surface area contributed by atoms with Crippen LogP contribution in [0.2, 0.25) is 0 Å². The van der Waals surface area contributed by atoms with Crippen LogP contribution >= 0.6 is 0 Å². The highest BCUT2D eigenvalue weighted by Crippen LogP contribution is 2.06. The Morgan fingerprint density at radius 2 is 1.88 bits per heavy atom. The van der Waals surface area contributed by atoms with Crippen LogP contribution in [0.1, 0.15) is 17.5 Å². The quantitative estimate of drug-likeness (QED) is 0.719. The molecule has 4 nitrogen and oxygen atoms in total. The normalized spacial score (nSPS) is 10.6. The van der Waals surface area contributed by atoms with Gasteiger partial charge in [-0.25, -0.2) is 4.39 Å². The molecule has 0 spiro atoms. The lowest BCUT2D eigenvalue weighted by atomic mass is 10.1. The molecule has 0 radical (unpaired) electrons. The van der Waals surface area contributed by atoms with Gasteiger partial charge in [-0.05, 0) is 48.7 Å². The third-order valence-electron chi connectivity index (χ3n) is 3.96. The highest BCUT2D eigenvalue weighted by Gasteiger charge is 2.08. The lowest BCUT2D eigenvalue weighted by molar-refractivity contribution is -0.129. The summed E-state index contributed by atoms with van der Waals surface area (Å²) in [5.74, 6) is -0.0614. The summed E-state index contributed by atoms with van der Waals surface area (Å²) in [6.45, 7) is 1.96. The summed E-state index contributed by atoms with van der Waals surface area (Å²) >= 11 is 0. The number of carbonyl (C=O) groups excluding carboxylic acids is 1. The molecule has 2 rings (SSSR count). The van der Waals surface area contributed by atoms with Gasteiger partial charge < -0.3 is 10.2 Å². The van der Waals surface area contributed by atoms with Crippen LogP contribution in [0.25, 0.3) is 0 Å². The molecule has 1 aromatic carbocycles. The Labute approximate surface area is 142 Å². The number of carbonyl (C=O) groups is 1. The maximum absolute atomic E-state index is 13.5. The maximum Gasteiger partial charge on any atom is 0.223 e. The number of amides is 1. The van der Waals surface area contributed by atoms with Gasteiger partial charge in [0.1, 0.15) is 5.82 Å². The highest BCUT2D eigenvalue weighted by molar-refractivity contribution is 5.76. The summed E-state index contributed by atoms with van der Waals surface area (Å²) in [5, 5.41) is 3.20. The Morgan fingerprint density at radius 1 is 1.12 bits per heavy atom. The Kier molecular flexibility index (Phi) is 7.36. The van der Waals surface area contributed by atoms with E-state index in [1.165, 1.54) is 11.6 Å². The molecule has 0 atom stereocenters. The SMILES string of the molecule is CN(CCc1ccncc1)C(=O)CCNCCc1ccccc1F. The smallest absolute Gasteiger partial charge is 0.223 e. The minimum Gasteiger partial charge on any atom is -0.345 e. The topological polar surface area (TPSA) is 45.2 Å². The molecule has 2 aromatic rings. The number of rotatable bonds is 9. The van der Waals surface area contributed by atoms with E-state index in [1.54, 1.807) is 29.4 Å². The molecular weight excluding hydrogens is 305 g/mol. The third-order valence-corrected chi connectivity index (χ3v) is 3.96. The highest BCUT2D eigenvalue weighted by atomic mass is 19.1. The van der Waals surface area contributed by atoms with E-state index in [4.69, 9.17) is 0 Å². The number of halogens is 1. The van der Waals surface area contributed by atoms with E-state index in [-0.39, 0.29) is 11.7 Å². The molecule has 0 fully saturated rings. The molecule has 1 amide bonds. The lowest BCUT2D eigenvalue weighted by Crippen LogP contribution is -2.32. The molecule has 0 aliphatic heterocycles. The molecule has 1 N–H and O–H groups in total. The monoisotopic (exact) mass is 329 g/mol. The minimum absolute atomic E-state index is 0.113. The zero-order valence-corrected chi connectivity index (χ0v) is 14.0. The second kappa shape index (κ2) is 9.78. The fourth-order valence-electron chi connectivity index (χ4n) is 2.41. The first kappa shape index (κ1) is 18.1. The van der Waals surface area contributed by atoms with Gasteiger partial charge in [0, 0.05) is 39.0 Å². The average molecular weight is 329 g/mol. The molecule has 0 saturated carbocycles. The van der Waals surface area contributed by atoms with Gasteiger partial charge in [-0.1, -0.05) is 18.2 Å². The summed E-state index contributed by atoms with van der Waals surface area (Å²) in [4.78, 5) is 17.8. The first-order chi connectivity index (χ1) is 11.7. The summed E-state index contributed by atoms with van der Waals surface area (Å²) < 4.78 is 13.5. The molecule has 0 bridgehead atoms. The van der Waals surface area contributed by atoms with Crippen LogP contribution in [0.4, 0.5) is 4.39 Å². The second-order valence-corrected chi connectivity index (χ2v) is 5.76. The zero-order valence-electron chi connectivity index (χ0n) is 14.0. The molecule has 0 aliphatic rings. The number of benzene rings is 1. The van der Waals surface area contributed by atoms with Crippen LogP contribution in [-0.4, -0.2) is 42.5 Å². The van der Waals surface area contributed by atoms with Crippen molar-refractivity contribution in [3.8, 4) is 0 Å². The molecule has 1 aromatic heterocycles. The Morgan fingerprint density at radius 3 is 2.62 bits per heavy atom. The van der Waals surface area contributed by atoms with Gasteiger partial charge in [-0.2, -0.15) is 0 Å². The molecule has 0 saturated heterocycles. The van der Waals surface area contributed by atoms with E-state index in [2.05, 4.69) is 10.3 Å². The van der Waals surface area contributed by atoms with Crippen molar-refractivity contribution in [3.63, 3.8) is 0 Å². The fourth-order valence-corrected chi connectivity index (χ4v) is 2.41. The number of aromatic nitrogens is 1. The number of likely N-dealkylation sites (N-methyl/N-ethyl adjacent to an activating group) is 1. The van der Waals surface area contributed by atoms with Crippen molar-refractivity contribution in [3.05, 3.63) is 65.7 Å². The van der Waals surface area contributed by atoms with E-state index in [1.807, 2.05) is 25.2 Å². The second-order valence-electron chi connectivity index (χ2n) is 5.76. The minimum atomic E-state index is -0.175. The average Bonchev–Trinajstić information content (AvgIpc) is 2.61. The first-order valence-corrected chi connectivity index (χ1v) is 8.24. The summed E-state index contributed by atoms with van der Waals surface area (Å²) in [5.41, 5.74) is 1.87. The van der Waals surface area contributed by atoms with E-state index in [9.17, 15) is 9.18 Å². The van der Waals surface area contributed by atoms with E-state index >= 15 is 0 Å². The number of nitrogens with zero attached hydrogens (tertiary/aromatic N) is 2.